The second kappa shape index (κ2) is 7.93. The van der Waals surface area contributed by atoms with Crippen molar-refractivity contribution in [2.45, 2.75) is 55.6 Å². The van der Waals surface area contributed by atoms with Gasteiger partial charge in [-0.2, -0.15) is 0 Å². The number of hydrogen-bond donors (Lipinski definition) is 0. The minimum atomic E-state index is -0.928. The number of Topliss-reactive ketones (excluding diaryl/α,β-unsaturated/α-hetero) is 1. The van der Waals surface area contributed by atoms with E-state index in [0.717, 1.165) is 24.0 Å². The summed E-state index contributed by atoms with van der Waals surface area (Å²) in [5, 5.41) is 0. The molecule has 1 aliphatic heterocycles. The van der Waals surface area contributed by atoms with E-state index in [0.29, 0.717) is 25.0 Å². The van der Waals surface area contributed by atoms with Gasteiger partial charge in [0.05, 0.1) is 5.41 Å². The van der Waals surface area contributed by atoms with E-state index in [1.54, 1.807) is 6.07 Å². The van der Waals surface area contributed by atoms with E-state index in [2.05, 4.69) is 13.2 Å². The van der Waals surface area contributed by atoms with Crippen molar-refractivity contribution in [3.05, 3.63) is 48.6 Å². The molecule has 174 valence electrons. The smallest absolute Gasteiger partial charge is 0.477 e. The Morgan fingerprint density at radius 2 is 1.88 bits per heavy atom. The molecule has 1 heterocycles. The van der Waals surface area contributed by atoms with Crippen LogP contribution in [0.1, 0.15) is 43.2 Å². The van der Waals surface area contributed by atoms with Crippen molar-refractivity contribution in [1.29, 1.82) is 0 Å². The zero-order valence-electron chi connectivity index (χ0n) is 18.3. The van der Waals surface area contributed by atoms with Crippen LogP contribution < -0.4 is 9.47 Å². The van der Waals surface area contributed by atoms with Crippen LogP contribution in [-0.4, -0.2) is 43.0 Å². The van der Waals surface area contributed by atoms with Gasteiger partial charge in [0.15, 0.2) is 23.4 Å². The lowest BCUT2D eigenvalue weighted by molar-refractivity contribution is -0.185. The van der Waals surface area contributed by atoms with Gasteiger partial charge >= 0.3 is 12.3 Å². The van der Waals surface area contributed by atoms with Crippen molar-refractivity contribution < 1.29 is 38.1 Å². The van der Waals surface area contributed by atoms with E-state index in [4.69, 9.17) is 23.7 Å². The monoisotopic (exact) mass is 454 g/mol. The molecule has 4 atom stereocenters. The molecule has 2 bridgehead atoms. The standard InChI is InChI=1S/C25H26O8/c1-3-12-29-22(27)31-18-8-7-15-14-16-6-5-10-24-19(15)20(18)32-21(24)17(26)9-11-25(16,24)33-23(28)30-13-4-2/h3-4,7-8,16,21H,1-2,5-6,9-14H2/t16-,21+,24+,25-/m1/s1. The largest absolute Gasteiger partial charge is 0.514 e. The first-order valence-corrected chi connectivity index (χ1v) is 11.2. The SMILES string of the molecule is C=CCOC(=O)Oc1ccc2c3c1O[C@H]1C(=O)CC[C@@]4(OC(=O)OCC=C)[C@H](CCC[C@]314)C2. The minimum absolute atomic E-state index is 0.0104. The first kappa shape index (κ1) is 21.6. The topological polar surface area (TPSA) is 97.4 Å². The second-order valence-electron chi connectivity index (χ2n) is 8.95. The fourth-order valence-corrected chi connectivity index (χ4v) is 6.45. The van der Waals surface area contributed by atoms with Crippen LogP contribution in [0.3, 0.4) is 0 Å². The molecule has 1 aromatic carbocycles. The number of rotatable bonds is 6. The average molecular weight is 454 g/mol. The molecule has 8 heteroatoms. The summed E-state index contributed by atoms with van der Waals surface area (Å²) in [6.45, 7) is 7.14. The molecule has 2 fully saturated rings. The second-order valence-corrected chi connectivity index (χ2v) is 8.95. The van der Waals surface area contributed by atoms with Crippen LogP contribution in [0.15, 0.2) is 37.4 Å². The summed E-state index contributed by atoms with van der Waals surface area (Å²) >= 11 is 0. The highest BCUT2D eigenvalue weighted by Crippen LogP contribution is 2.68. The van der Waals surface area contributed by atoms with Gasteiger partial charge < -0.3 is 23.7 Å². The summed E-state index contributed by atoms with van der Waals surface area (Å²) in [4.78, 5) is 37.9. The Kier molecular flexibility index (Phi) is 5.18. The van der Waals surface area contributed by atoms with E-state index in [9.17, 15) is 14.4 Å². The lowest BCUT2D eigenvalue weighted by Crippen LogP contribution is -2.71. The normalized spacial score (nSPS) is 30.4. The lowest BCUT2D eigenvalue weighted by Gasteiger charge is -2.60. The number of ether oxygens (including phenoxy) is 5. The number of carbonyl (C=O) groups is 3. The van der Waals surface area contributed by atoms with Crippen LogP contribution in [0.2, 0.25) is 0 Å². The van der Waals surface area contributed by atoms with Crippen molar-refractivity contribution >= 4 is 18.1 Å². The van der Waals surface area contributed by atoms with Crippen LogP contribution in [0.25, 0.3) is 0 Å². The molecule has 0 radical (unpaired) electrons. The highest BCUT2D eigenvalue weighted by molar-refractivity contribution is 5.90. The molecular weight excluding hydrogens is 428 g/mol. The van der Waals surface area contributed by atoms with E-state index in [-0.39, 0.29) is 37.1 Å². The van der Waals surface area contributed by atoms with E-state index in [1.807, 2.05) is 6.07 Å². The van der Waals surface area contributed by atoms with Crippen LogP contribution in [0, 0.1) is 5.92 Å². The molecule has 2 saturated carbocycles. The van der Waals surface area contributed by atoms with Crippen LogP contribution in [0.5, 0.6) is 11.5 Å². The first-order valence-electron chi connectivity index (χ1n) is 11.2. The van der Waals surface area contributed by atoms with Crippen molar-refractivity contribution in [1.82, 2.24) is 0 Å². The number of carbonyl (C=O) groups excluding carboxylic acids is 3. The third kappa shape index (κ3) is 2.99. The van der Waals surface area contributed by atoms with Crippen LogP contribution in [-0.2, 0) is 30.8 Å². The van der Waals surface area contributed by atoms with Gasteiger partial charge in [0, 0.05) is 17.9 Å². The van der Waals surface area contributed by atoms with E-state index < -0.39 is 29.4 Å². The highest BCUT2D eigenvalue weighted by Gasteiger charge is 2.74. The lowest BCUT2D eigenvalue weighted by atomic mass is 9.45. The van der Waals surface area contributed by atoms with Crippen molar-refractivity contribution in [2.24, 2.45) is 5.92 Å². The number of benzene rings is 1. The Bertz CT molecular complexity index is 1050. The molecule has 1 spiro atoms. The molecule has 8 nitrogen and oxygen atoms in total. The summed E-state index contributed by atoms with van der Waals surface area (Å²) in [6.07, 6.45) is 4.13. The number of ketones is 1. The van der Waals surface area contributed by atoms with E-state index >= 15 is 0 Å². The predicted octanol–water partition coefficient (Wildman–Crippen LogP) is 4.18. The summed E-state index contributed by atoms with van der Waals surface area (Å²) in [6, 6.07) is 3.57. The van der Waals surface area contributed by atoms with Crippen molar-refractivity contribution in [3.8, 4) is 11.5 Å². The maximum Gasteiger partial charge on any atom is 0.514 e. The average Bonchev–Trinajstić information content (AvgIpc) is 3.15. The zero-order chi connectivity index (χ0) is 23.2. The molecule has 33 heavy (non-hydrogen) atoms. The van der Waals surface area contributed by atoms with Gasteiger partial charge in [0.1, 0.15) is 18.8 Å². The summed E-state index contributed by atoms with van der Waals surface area (Å²) < 4.78 is 28.0. The van der Waals surface area contributed by atoms with E-state index in [1.165, 1.54) is 12.2 Å². The predicted molar refractivity (Wildman–Crippen MR) is 115 cm³/mol. The maximum absolute atomic E-state index is 13.1. The van der Waals surface area contributed by atoms with Crippen LogP contribution >= 0.6 is 0 Å². The fourth-order valence-electron chi connectivity index (χ4n) is 6.45. The van der Waals surface area contributed by atoms with Gasteiger partial charge in [0.2, 0.25) is 0 Å². The zero-order valence-corrected chi connectivity index (χ0v) is 18.3. The fraction of sp³-hybridized carbons (Fsp3) is 0.480. The molecular formula is C25H26O8. The summed E-state index contributed by atoms with van der Waals surface area (Å²) in [7, 11) is 0. The highest BCUT2D eigenvalue weighted by atomic mass is 16.7. The Morgan fingerprint density at radius 3 is 2.64 bits per heavy atom. The van der Waals surface area contributed by atoms with Gasteiger partial charge in [-0.25, -0.2) is 9.59 Å². The summed E-state index contributed by atoms with van der Waals surface area (Å²) in [5.74, 6) is 0.533. The first-order chi connectivity index (χ1) is 16.0. The molecule has 0 amide bonds. The van der Waals surface area contributed by atoms with Gasteiger partial charge in [-0.05, 0) is 37.3 Å². The molecule has 4 aliphatic rings. The Balaban J connectivity index is 1.62. The Morgan fingerprint density at radius 1 is 1.12 bits per heavy atom. The molecule has 0 unspecified atom stereocenters. The van der Waals surface area contributed by atoms with Gasteiger partial charge in [-0.3, -0.25) is 4.79 Å². The minimum Gasteiger partial charge on any atom is -0.477 e. The molecule has 0 N–H and O–H groups in total. The molecule has 3 aliphatic carbocycles. The Hall–Kier alpha value is -3.29. The van der Waals surface area contributed by atoms with Gasteiger partial charge in [-0.15, -0.1) is 0 Å². The third-order valence-electron chi connectivity index (χ3n) is 7.47. The summed E-state index contributed by atoms with van der Waals surface area (Å²) in [5.41, 5.74) is 0.0630. The molecule has 0 aromatic heterocycles. The quantitative estimate of drug-likeness (QED) is 0.359. The van der Waals surface area contributed by atoms with Crippen molar-refractivity contribution in [2.75, 3.05) is 13.2 Å². The Labute approximate surface area is 191 Å². The number of hydrogen-bond acceptors (Lipinski definition) is 8. The van der Waals surface area contributed by atoms with Crippen LogP contribution in [0.4, 0.5) is 9.59 Å². The van der Waals surface area contributed by atoms with Gasteiger partial charge in [0.25, 0.3) is 0 Å². The molecule has 1 aromatic rings. The molecule has 5 rings (SSSR count). The molecule has 0 saturated heterocycles. The van der Waals surface area contributed by atoms with Crippen molar-refractivity contribution in [3.63, 3.8) is 0 Å². The third-order valence-corrected chi connectivity index (χ3v) is 7.47. The van der Waals surface area contributed by atoms with Gasteiger partial charge in [-0.1, -0.05) is 37.8 Å². The maximum atomic E-state index is 13.1.